The summed E-state index contributed by atoms with van der Waals surface area (Å²) in [7, 11) is 0. The molecule has 3 heteroatoms. The maximum Gasteiger partial charge on any atom is 0.237 e. The maximum atomic E-state index is 12.7. The van der Waals surface area contributed by atoms with E-state index < -0.39 is 11.6 Å². The van der Waals surface area contributed by atoms with Crippen molar-refractivity contribution < 1.29 is 14.7 Å². The molecule has 0 saturated carbocycles. The van der Waals surface area contributed by atoms with Crippen molar-refractivity contribution >= 4 is 22.9 Å². The molecule has 1 aliphatic carbocycles. The van der Waals surface area contributed by atoms with Crippen LogP contribution in [-0.2, 0) is 4.79 Å². The fraction of sp³-hybridized carbons (Fsp3) is 0. The zero-order chi connectivity index (χ0) is 18.8. The highest BCUT2D eigenvalue weighted by Crippen LogP contribution is 2.32. The van der Waals surface area contributed by atoms with E-state index >= 15 is 0 Å². The van der Waals surface area contributed by atoms with Crippen LogP contribution in [0.25, 0.3) is 11.3 Å². The normalized spacial score (nSPS) is 13.3. The molecule has 3 nitrogen and oxygen atoms in total. The van der Waals surface area contributed by atoms with Crippen LogP contribution in [0, 0.1) is 0 Å². The van der Waals surface area contributed by atoms with E-state index in [1.165, 1.54) is 0 Å². The number of Topliss-reactive ketones (excluding diaryl/α,β-unsaturated/α-hetero) is 2. The lowest BCUT2D eigenvalue weighted by molar-refractivity contribution is -0.111. The van der Waals surface area contributed by atoms with Crippen LogP contribution in [0.3, 0.4) is 0 Å². The Kier molecular flexibility index (Phi) is 4.27. The molecule has 0 heterocycles. The molecule has 0 aliphatic heterocycles. The Morgan fingerprint density at radius 3 is 1.67 bits per heavy atom. The van der Waals surface area contributed by atoms with Gasteiger partial charge in [0.2, 0.25) is 11.6 Å². The van der Waals surface area contributed by atoms with Crippen LogP contribution in [0.4, 0.5) is 0 Å². The summed E-state index contributed by atoms with van der Waals surface area (Å²) in [5.74, 6) is -1.47. The number of ketones is 2. The summed E-state index contributed by atoms with van der Waals surface area (Å²) >= 11 is 0. The largest absolute Gasteiger partial charge is 0.507 e. The molecule has 0 spiro atoms. The lowest BCUT2D eigenvalue weighted by atomic mass is 9.86. The number of benzene rings is 3. The van der Waals surface area contributed by atoms with E-state index in [4.69, 9.17) is 0 Å². The van der Waals surface area contributed by atoms with Crippen LogP contribution in [0.5, 0.6) is 0 Å². The van der Waals surface area contributed by atoms with Gasteiger partial charge < -0.3 is 5.11 Å². The molecular weight excluding hydrogens is 336 g/mol. The number of aliphatic hydroxyl groups excluding tert-OH is 1. The number of fused-ring (bicyclic) bond motifs is 1. The van der Waals surface area contributed by atoms with Gasteiger partial charge in [-0.1, -0.05) is 84.9 Å². The third-order valence-corrected chi connectivity index (χ3v) is 4.59. The molecule has 0 atom stereocenters. The molecule has 130 valence electrons. The topological polar surface area (TPSA) is 54.4 Å². The molecule has 0 fully saturated rings. The quantitative estimate of drug-likeness (QED) is 0.685. The Labute approximate surface area is 156 Å². The Morgan fingerprint density at radius 2 is 1.11 bits per heavy atom. The molecule has 0 amide bonds. The fourth-order valence-corrected chi connectivity index (χ4v) is 3.23. The molecule has 3 aromatic rings. The number of carbonyl (C=O) groups is 2. The molecule has 1 N–H and O–H groups in total. The highest BCUT2D eigenvalue weighted by molar-refractivity contribution is 6.53. The average Bonchev–Trinajstić information content (AvgIpc) is 2.73. The van der Waals surface area contributed by atoms with Crippen molar-refractivity contribution in [2.45, 2.75) is 0 Å². The van der Waals surface area contributed by atoms with Gasteiger partial charge in [0.15, 0.2) is 0 Å². The Bertz CT molecular complexity index is 1050. The zero-order valence-electron chi connectivity index (χ0n) is 14.4. The zero-order valence-corrected chi connectivity index (χ0v) is 14.4. The second-order valence-electron chi connectivity index (χ2n) is 6.26. The first-order valence-corrected chi connectivity index (χ1v) is 8.61. The van der Waals surface area contributed by atoms with Gasteiger partial charge in [-0.25, -0.2) is 0 Å². The van der Waals surface area contributed by atoms with E-state index in [2.05, 4.69) is 0 Å². The predicted molar refractivity (Wildman–Crippen MR) is 105 cm³/mol. The molecule has 1 aliphatic rings. The standard InChI is InChI=1S/C24H16O3/c25-22-18-13-7-8-14-19(18)23(26)24(27)21(22)15-20(16-9-3-1-4-10-16)17-11-5-2-6-12-17/h1-15,25H. The first kappa shape index (κ1) is 16.7. The molecule has 0 radical (unpaired) electrons. The van der Waals surface area contributed by atoms with E-state index in [0.29, 0.717) is 5.56 Å². The molecule has 4 rings (SSSR count). The summed E-state index contributed by atoms with van der Waals surface area (Å²) in [6.07, 6.45) is 1.61. The second-order valence-corrected chi connectivity index (χ2v) is 6.26. The second kappa shape index (κ2) is 6.89. The van der Waals surface area contributed by atoms with Gasteiger partial charge in [0.1, 0.15) is 5.76 Å². The first-order valence-electron chi connectivity index (χ1n) is 8.61. The van der Waals surface area contributed by atoms with Crippen molar-refractivity contribution in [3.8, 4) is 0 Å². The van der Waals surface area contributed by atoms with Gasteiger partial charge >= 0.3 is 0 Å². The van der Waals surface area contributed by atoms with Crippen LogP contribution in [0.2, 0.25) is 0 Å². The summed E-state index contributed by atoms with van der Waals surface area (Å²) in [4.78, 5) is 25.2. The number of hydrogen-bond donors (Lipinski definition) is 1. The monoisotopic (exact) mass is 352 g/mol. The van der Waals surface area contributed by atoms with Crippen molar-refractivity contribution in [2.75, 3.05) is 0 Å². The molecule has 0 bridgehead atoms. The molecule has 0 aromatic heterocycles. The van der Waals surface area contributed by atoms with Crippen LogP contribution >= 0.6 is 0 Å². The number of aliphatic hydroxyl groups is 1. The number of rotatable bonds is 3. The van der Waals surface area contributed by atoms with Crippen LogP contribution in [0.1, 0.15) is 27.0 Å². The van der Waals surface area contributed by atoms with Crippen molar-refractivity contribution in [2.24, 2.45) is 0 Å². The van der Waals surface area contributed by atoms with Gasteiger partial charge in [-0.15, -0.1) is 0 Å². The summed E-state index contributed by atoms with van der Waals surface area (Å²) in [6.45, 7) is 0. The lowest BCUT2D eigenvalue weighted by Crippen LogP contribution is -2.23. The maximum absolute atomic E-state index is 12.7. The summed E-state index contributed by atoms with van der Waals surface area (Å²) in [6, 6.07) is 25.8. The van der Waals surface area contributed by atoms with E-state index in [1.54, 1.807) is 30.3 Å². The summed E-state index contributed by atoms with van der Waals surface area (Å²) in [5.41, 5.74) is 3.18. The van der Waals surface area contributed by atoms with Crippen molar-refractivity contribution in [1.82, 2.24) is 0 Å². The number of allylic oxidation sites excluding steroid dienone is 2. The first-order chi connectivity index (χ1) is 13.2. The van der Waals surface area contributed by atoms with Crippen LogP contribution in [0.15, 0.2) is 96.6 Å². The van der Waals surface area contributed by atoms with E-state index in [9.17, 15) is 14.7 Å². The highest BCUT2D eigenvalue weighted by Gasteiger charge is 2.31. The highest BCUT2D eigenvalue weighted by atomic mass is 16.3. The van der Waals surface area contributed by atoms with Crippen molar-refractivity contribution in [1.29, 1.82) is 0 Å². The van der Waals surface area contributed by atoms with Crippen molar-refractivity contribution in [3.05, 3.63) is 119 Å². The summed E-state index contributed by atoms with van der Waals surface area (Å²) in [5, 5.41) is 10.7. The van der Waals surface area contributed by atoms with E-state index in [1.807, 2.05) is 60.7 Å². The van der Waals surface area contributed by atoms with Gasteiger partial charge in [-0.2, -0.15) is 0 Å². The van der Waals surface area contributed by atoms with Gasteiger partial charge in [0.05, 0.1) is 5.57 Å². The van der Waals surface area contributed by atoms with Gasteiger partial charge in [0.25, 0.3) is 0 Å². The fourth-order valence-electron chi connectivity index (χ4n) is 3.23. The Morgan fingerprint density at radius 1 is 0.630 bits per heavy atom. The minimum absolute atomic E-state index is 0.0152. The van der Waals surface area contributed by atoms with Gasteiger partial charge in [-0.3, -0.25) is 9.59 Å². The third-order valence-electron chi connectivity index (χ3n) is 4.59. The van der Waals surface area contributed by atoms with E-state index in [-0.39, 0.29) is 16.9 Å². The minimum Gasteiger partial charge on any atom is -0.507 e. The minimum atomic E-state index is -0.699. The van der Waals surface area contributed by atoms with Gasteiger partial charge in [0, 0.05) is 11.1 Å². The molecule has 27 heavy (non-hydrogen) atoms. The SMILES string of the molecule is O=C1C(=O)c2ccccc2C(O)=C1C=C(c1ccccc1)c1ccccc1. The van der Waals surface area contributed by atoms with Crippen LogP contribution < -0.4 is 0 Å². The number of hydrogen-bond acceptors (Lipinski definition) is 3. The molecule has 0 saturated heterocycles. The van der Waals surface area contributed by atoms with Crippen LogP contribution in [-0.4, -0.2) is 16.7 Å². The molecule has 0 unspecified atom stereocenters. The Hall–Kier alpha value is -3.72. The molecule has 3 aromatic carbocycles. The van der Waals surface area contributed by atoms with Crippen molar-refractivity contribution in [3.63, 3.8) is 0 Å². The van der Waals surface area contributed by atoms with E-state index in [0.717, 1.165) is 16.7 Å². The number of carbonyl (C=O) groups excluding carboxylic acids is 2. The third kappa shape index (κ3) is 3.00. The smallest absolute Gasteiger partial charge is 0.237 e. The summed E-state index contributed by atoms with van der Waals surface area (Å²) < 4.78 is 0. The lowest BCUT2D eigenvalue weighted by Gasteiger charge is -2.17. The average molecular weight is 352 g/mol. The molecular formula is C24H16O3. The van der Waals surface area contributed by atoms with Gasteiger partial charge in [-0.05, 0) is 22.8 Å². The predicted octanol–water partition coefficient (Wildman–Crippen LogP) is 4.85. The Balaban J connectivity index is 1.95.